The lowest BCUT2D eigenvalue weighted by Gasteiger charge is -2.14. The van der Waals surface area contributed by atoms with E-state index in [1.165, 1.54) is 0 Å². The van der Waals surface area contributed by atoms with Crippen LogP contribution < -0.4 is 0 Å². The molecule has 0 aliphatic heterocycles. The quantitative estimate of drug-likeness (QED) is 0.454. The lowest BCUT2D eigenvalue weighted by atomic mass is 10.2. The Morgan fingerprint density at radius 2 is 1.92 bits per heavy atom. The normalized spacial score (nSPS) is 16.0. The molecule has 0 unspecified atom stereocenters. The van der Waals surface area contributed by atoms with Crippen LogP contribution in [0.1, 0.15) is 39.5 Å². The molecule has 0 spiro atoms. The van der Waals surface area contributed by atoms with Gasteiger partial charge in [0.05, 0.1) is 6.10 Å². The highest BCUT2D eigenvalue weighted by atomic mass is 16.6. The molecule has 0 radical (unpaired) electrons. The number of aliphatic hydroxyl groups excluding tert-OH is 2. The number of aliphatic hydroxyl groups is 2. The van der Waals surface area contributed by atoms with E-state index >= 15 is 0 Å². The first-order valence-electron chi connectivity index (χ1n) is 4.68. The van der Waals surface area contributed by atoms with E-state index in [2.05, 4.69) is 6.92 Å². The average Bonchev–Trinajstić information content (AvgIpc) is 2.05. The zero-order valence-electron chi connectivity index (χ0n) is 7.99. The molecule has 0 aliphatic rings. The maximum atomic E-state index is 9.20. The van der Waals surface area contributed by atoms with Gasteiger partial charge in [-0.1, -0.05) is 20.3 Å². The monoisotopic (exact) mass is 176 g/mol. The second kappa shape index (κ2) is 7.53. The Labute approximate surface area is 74.4 Å². The van der Waals surface area contributed by atoms with Gasteiger partial charge >= 0.3 is 0 Å². The van der Waals surface area contributed by atoms with Crippen molar-refractivity contribution in [2.45, 2.75) is 51.9 Å². The lowest BCUT2D eigenvalue weighted by molar-refractivity contribution is -0.120. The summed E-state index contributed by atoms with van der Waals surface area (Å²) in [4.78, 5) is 0. The van der Waals surface area contributed by atoms with Gasteiger partial charge in [0, 0.05) is 13.0 Å². The van der Waals surface area contributed by atoms with Crippen molar-refractivity contribution in [3.63, 3.8) is 0 Å². The minimum absolute atomic E-state index is 0.320. The predicted molar refractivity (Wildman–Crippen MR) is 47.8 cm³/mol. The van der Waals surface area contributed by atoms with E-state index in [1.807, 2.05) is 6.92 Å². The number of hydrogen-bond acceptors (Lipinski definition) is 3. The van der Waals surface area contributed by atoms with Crippen LogP contribution in [0.3, 0.4) is 0 Å². The van der Waals surface area contributed by atoms with E-state index in [4.69, 9.17) is 9.84 Å². The van der Waals surface area contributed by atoms with Crippen LogP contribution in [0.4, 0.5) is 0 Å². The van der Waals surface area contributed by atoms with E-state index in [0.717, 1.165) is 12.8 Å². The van der Waals surface area contributed by atoms with E-state index < -0.39 is 12.4 Å². The Kier molecular flexibility index (Phi) is 7.45. The van der Waals surface area contributed by atoms with Gasteiger partial charge in [0.1, 0.15) is 0 Å². The van der Waals surface area contributed by atoms with Crippen molar-refractivity contribution in [2.75, 3.05) is 6.61 Å². The fourth-order valence-corrected chi connectivity index (χ4v) is 0.831. The Morgan fingerprint density at radius 1 is 1.25 bits per heavy atom. The summed E-state index contributed by atoms with van der Waals surface area (Å²) in [5.41, 5.74) is 0. The number of unbranched alkanes of at least 4 members (excludes halogenated alkanes) is 1. The van der Waals surface area contributed by atoms with Gasteiger partial charge in [-0.25, -0.2) is 0 Å². The van der Waals surface area contributed by atoms with E-state index in [9.17, 15) is 5.11 Å². The van der Waals surface area contributed by atoms with E-state index in [1.54, 1.807) is 0 Å². The summed E-state index contributed by atoms with van der Waals surface area (Å²) in [6, 6.07) is 0. The molecule has 0 rings (SSSR count). The molecule has 0 aromatic carbocycles. The number of ether oxygens (including phenoxy) is 1. The van der Waals surface area contributed by atoms with Crippen molar-refractivity contribution in [3.8, 4) is 0 Å². The summed E-state index contributed by atoms with van der Waals surface area (Å²) in [6.45, 7) is 4.52. The first kappa shape index (κ1) is 11.9. The largest absolute Gasteiger partial charge is 0.393 e. The smallest absolute Gasteiger partial charge is 0.156 e. The third kappa shape index (κ3) is 6.58. The van der Waals surface area contributed by atoms with Gasteiger partial charge in [0.2, 0.25) is 0 Å². The van der Waals surface area contributed by atoms with Gasteiger partial charge in [-0.15, -0.1) is 0 Å². The summed E-state index contributed by atoms with van der Waals surface area (Å²) in [5.74, 6) is 0. The fraction of sp³-hybridized carbons (Fsp3) is 1.00. The topological polar surface area (TPSA) is 49.7 Å². The Morgan fingerprint density at radius 3 is 2.42 bits per heavy atom. The summed E-state index contributed by atoms with van der Waals surface area (Å²) in [7, 11) is 0. The maximum Gasteiger partial charge on any atom is 0.156 e. The molecule has 0 heterocycles. The lowest BCUT2D eigenvalue weighted by Crippen LogP contribution is -2.20. The van der Waals surface area contributed by atoms with Crippen molar-refractivity contribution in [2.24, 2.45) is 0 Å². The summed E-state index contributed by atoms with van der Waals surface area (Å²) in [5, 5.41) is 18.3. The third-order valence-corrected chi connectivity index (χ3v) is 1.75. The number of hydrogen-bond donors (Lipinski definition) is 2. The summed E-state index contributed by atoms with van der Waals surface area (Å²) in [6.07, 6.45) is 1.75. The SMILES string of the molecule is CCCCO[C@H](O)C[C@@H](O)CC. The predicted octanol–water partition coefficient (Wildman–Crippen LogP) is 1.28. The molecule has 0 saturated carbocycles. The molecule has 3 heteroatoms. The summed E-state index contributed by atoms with van der Waals surface area (Å²) < 4.78 is 5.05. The van der Waals surface area contributed by atoms with E-state index in [-0.39, 0.29) is 0 Å². The molecule has 0 amide bonds. The molecule has 0 bridgehead atoms. The second-order valence-corrected chi connectivity index (χ2v) is 2.98. The van der Waals surface area contributed by atoms with Gasteiger partial charge in [-0.3, -0.25) is 0 Å². The molecule has 0 aliphatic carbocycles. The molecule has 0 aromatic rings. The van der Waals surface area contributed by atoms with Gasteiger partial charge < -0.3 is 14.9 Å². The van der Waals surface area contributed by atoms with Crippen molar-refractivity contribution in [3.05, 3.63) is 0 Å². The molecule has 2 atom stereocenters. The van der Waals surface area contributed by atoms with Gasteiger partial charge in [0.25, 0.3) is 0 Å². The van der Waals surface area contributed by atoms with Crippen LogP contribution in [0.15, 0.2) is 0 Å². The minimum Gasteiger partial charge on any atom is -0.393 e. The van der Waals surface area contributed by atoms with Gasteiger partial charge in [-0.2, -0.15) is 0 Å². The van der Waals surface area contributed by atoms with Crippen LogP contribution in [-0.4, -0.2) is 29.2 Å². The van der Waals surface area contributed by atoms with Crippen LogP contribution in [0.5, 0.6) is 0 Å². The van der Waals surface area contributed by atoms with Crippen molar-refractivity contribution in [1.29, 1.82) is 0 Å². The Bertz CT molecular complexity index is 95.8. The van der Waals surface area contributed by atoms with Crippen LogP contribution in [0, 0.1) is 0 Å². The number of rotatable bonds is 7. The highest BCUT2D eigenvalue weighted by Gasteiger charge is 2.09. The molecule has 0 aromatic heterocycles. The maximum absolute atomic E-state index is 9.20. The van der Waals surface area contributed by atoms with Gasteiger partial charge in [0.15, 0.2) is 6.29 Å². The molecular weight excluding hydrogens is 156 g/mol. The fourth-order valence-electron chi connectivity index (χ4n) is 0.831. The minimum atomic E-state index is -0.800. The van der Waals surface area contributed by atoms with Crippen LogP contribution >= 0.6 is 0 Å². The average molecular weight is 176 g/mol. The third-order valence-electron chi connectivity index (χ3n) is 1.75. The highest BCUT2D eigenvalue weighted by Crippen LogP contribution is 2.03. The molecular formula is C9H20O3. The van der Waals surface area contributed by atoms with Crippen molar-refractivity contribution < 1.29 is 14.9 Å². The van der Waals surface area contributed by atoms with Crippen LogP contribution in [0.2, 0.25) is 0 Å². The highest BCUT2D eigenvalue weighted by molar-refractivity contribution is 4.54. The Hall–Kier alpha value is -0.120. The summed E-state index contributed by atoms with van der Waals surface area (Å²) >= 11 is 0. The van der Waals surface area contributed by atoms with E-state index in [0.29, 0.717) is 19.4 Å². The Balaban J connectivity index is 3.26. The molecule has 0 saturated heterocycles. The first-order valence-corrected chi connectivity index (χ1v) is 4.68. The molecule has 0 fully saturated rings. The molecule has 3 nitrogen and oxygen atoms in total. The molecule has 2 N–H and O–H groups in total. The second-order valence-electron chi connectivity index (χ2n) is 2.98. The molecule has 12 heavy (non-hydrogen) atoms. The zero-order valence-corrected chi connectivity index (χ0v) is 7.99. The van der Waals surface area contributed by atoms with Gasteiger partial charge in [-0.05, 0) is 12.8 Å². The van der Waals surface area contributed by atoms with Crippen molar-refractivity contribution >= 4 is 0 Å². The van der Waals surface area contributed by atoms with Crippen molar-refractivity contribution in [1.82, 2.24) is 0 Å². The van der Waals surface area contributed by atoms with Crippen LogP contribution in [0.25, 0.3) is 0 Å². The zero-order chi connectivity index (χ0) is 9.40. The van der Waals surface area contributed by atoms with Crippen LogP contribution in [-0.2, 0) is 4.74 Å². The molecule has 74 valence electrons. The first-order chi connectivity index (χ1) is 5.70. The standard InChI is InChI=1S/C9H20O3/c1-3-5-6-12-9(11)7-8(10)4-2/h8-11H,3-7H2,1-2H3/t8-,9-/m0/s1.